The zero-order valence-electron chi connectivity index (χ0n) is 14.6. The fourth-order valence-electron chi connectivity index (χ4n) is 3.63. The molecule has 1 aromatic rings. The number of hydroxylamine groups is 1. The summed E-state index contributed by atoms with van der Waals surface area (Å²) in [6.45, 7) is 6.15. The summed E-state index contributed by atoms with van der Waals surface area (Å²) < 4.78 is 6.31. The fourth-order valence-corrected chi connectivity index (χ4v) is 3.63. The molecule has 2 aliphatic rings. The predicted molar refractivity (Wildman–Crippen MR) is 93.7 cm³/mol. The van der Waals surface area contributed by atoms with E-state index in [9.17, 15) is 9.59 Å². The summed E-state index contributed by atoms with van der Waals surface area (Å²) in [4.78, 5) is 26.2. The molecule has 25 heavy (non-hydrogen) atoms. The second-order valence-corrected chi connectivity index (χ2v) is 7.12. The zero-order chi connectivity index (χ0) is 18.0. The van der Waals surface area contributed by atoms with E-state index in [1.54, 1.807) is 24.3 Å². The standard InChI is InChI=1S/C19H24N2O4/c1-13(2)21-9-3-8-19(12-21)11-16(22)15-10-14(4-6-17(15)25-19)5-7-18(23)20-24/h4-7,10,13,24H,3,8-9,11-12H2,1-2H3,(H,20,23)/b7-5+. The van der Waals surface area contributed by atoms with Crippen molar-refractivity contribution in [3.63, 3.8) is 0 Å². The Labute approximate surface area is 147 Å². The molecule has 0 aromatic heterocycles. The molecule has 6 nitrogen and oxygen atoms in total. The number of nitrogens with one attached hydrogen (secondary N) is 1. The Morgan fingerprint density at radius 3 is 2.96 bits per heavy atom. The van der Waals surface area contributed by atoms with Gasteiger partial charge in [-0.3, -0.25) is 19.7 Å². The highest BCUT2D eigenvalue weighted by molar-refractivity contribution is 6.01. The molecule has 1 amide bonds. The molecule has 0 saturated carbocycles. The summed E-state index contributed by atoms with van der Waals surface area (Å²) in [5.41, 5.74) is 2.37. The Morgan fingerprint density at radius 1 is 1.44 bits per heavy atom. The summed E-state index contributed by atoms with van der Waals surface area (Å²) in [6.07, 6.45) is 5.05. The van der Waals surface area contributed by atoms with E-state index in [2.05, 4.69) is 18.7 Å². The molecule has 1 spiro atoms. The number of nitrogens with zero attached hydrogens (tertiary/aromatic N) is 1. The second-order valence-electron chi connectivity index (χ2n) is 7.12. The van der Waals surface area contributed by atoms with Crippen LogP contribution >= 0.6 is 0 Å². The number of ether oxygens (including phenoxy) is 1. The first-order valence-corrected chi connectivity index (χ1v) is 8.65. The van der Waals surface area contributed by atoms with Crippen molar-refractivity contribution in [2.45, 2.75) is 44.8 Å². The van der Waals surface area contributed by atoms with Crippen molar-refractivity contribution in [3.8, 4) is 5.75 Å². The number of carbonyl (C=O) groups is 2. The third kappa shape index (κ3) is 3.75. The lowest BCUT2D eigenvalue weighted by Gasteiger charge is -2.46. The fraction of sp³-hybridized carbons (Fsp3) is 0.474. The van der Waals surface area contributed by atoms with Gasteiger partial charge in [-0.2, -0.15) is 0 Å². The van der Waals surface area contributed by atoms with Crippen LogP contribution in [0.2, 0.25) is 0 Å². The summed E-state index contributed by atoms with van der Waals surface area (Å²) in [5, 5.41) is 8.52. The quantitative estimate of drug-likeness (QED) is 0.500. The minimum Gasteiger partial charge on any atom is -0.485 e. The monoisotopic (exact) mass is 344 g/mol. The van der Waals surface area contributed by atoms with Crippen LogP contribution in [0.3, 0.4) is 0 Å². The Bertz CT molecular complexity index is 713. The first-order valence-electron chi connectivity index (χ1n) is 8.65. The molecular formula is C19H24N2O4. The molecule has 1 fully saturated rings. The number of hydrogen-bond acceptors (Lipinski definition) is 5. The van der Waals surface area contributed by atoms with Crippen molar-refractivity contribution in [1.82, 2.24) is 10.4 Å². The molecule has 6 heteroatoms. The van der Waals surface area contributed by atoms with E-state index in [4.69, 9.17) is 9.94 Å². The van der Waals surface area contributed by atoms with Crippen molar-refractivity contribution >= 4 is 17.8 Å². The summed E-state index contributed by atoms with van der Waals surface area (Å²) >= 11 is 0. The molecule has 1 saturated heterocycles. The lowest BCUT2D eigenvalue weighted by atomic mass is 9.83. The molecule has 1 atom stereocenters. The number of likely N-dealkylation sites (tertiary alicyclic amines) is 1. The summed E-state index contributed by atoms with van der Waals surface area (Å²) in [6, 6.07) is 5.76. The normalized spacial score (nSPS) is 23.8. The van der Waals surface area contributed by atoms with Gasteiger partial charge in [-0.15, -0.1) is 0 Å². The minimum absolute atomic E-state index is 0.0775. The van der Waals surface area contributed by atoms with Gasteiger partial charge in [0.2, 0.25) is 0 Å². The van der Waals surface area contributed by atoms with E-state index in [-0.39, 0.29) is 5.78 Å². The van der Waals surface area contributed by atoms with Crippen LogP contribution < -0.4 is 10.2 Å². The van der Waals surface area contributed by atoms with Gasteiger partial charge in [-0.25, -0.2) is 5.48 Å². The number of ketones is 1. The number of hydrogen-bond donors (Lipinski definition) is 2. The summed E-state index contributed by atoms with van der Waals surface area (Å²) in [5.74, 6) is 0.0783. The van der Waals surface area contributed by atoms with E-state index >= 15 is 0 Å². The van der Waals surface area contributed by atoms with Gasteiger partial charge in [0.15, 0.2) is 5.78 Å². The van der Waals surface area contributed by atoms with Crippen molar-refractivity contribution < 1.29 is 19.5 Å². The van der Waals surface area contributed by atoms with Gasteiger partial charge < -0.3 is 4.74 Å². The first-order chi connectivity index (χ1) is 11.9. The number of amides is 1. The number of Topliss-reactive ketones (excluding diaryl/α,β-unsaturated/α-hetero) is 1. The van der Waals surface area contributed by atoms with Crippen LogP contribution in [0.15, 0.2) is 24.3 Å². The maximum Gasteiger partial charge on any atom is 0.267 e. The Balaban J connectivity index is 1.83. The van der Waals surface area contributed by atoms with Gasteiger partial charge in [-0.05, 0) is 57.0 Å². The Kier molecular flexibility index (Phi) is 4.92. The highest BCUT2D eigenvalue weighted by Crippen LogP contribution is 2.39. The van der Waals surface area contributed by atoms with Gasteiger partial charge in [0.1, 0.15) is 11.4 Å². The minimum atomic E-state index is -0.616. The highest BCUT2D eigenvalue weighted by Gasteiger charge is 2.44. The van der Waals surface area contributed by atoms with E-state index in [1.807, 2.05) is 0 Å². The average molecular weight is 344 g/mol. The van der Waals surface area contributed by atoms with Gasteiger partial charge in [0, 0.05) is 18.7 Å². The number of benzene rings is 1. The molecule has 134 valence electrons. The average Bonchev–Trinajstić information content (AvgIpc) is 2.59. The highest BCUT2D eigenvalue weighted by atomic mass is 16.5. The summed E-state index contributed by atoms with van der Waals surface area (Å²) in [7, 11) is 0. The van der Waals surface area contributed by atoms with E-state index in [0.29, 0.717) is 29.3 Å². The van der Waals surface area contributed by atoms with Crippen LogP contribution in [-0.2, 0) is 4.79 Å². The van der Waals surface area contributed by atoms with Gasteiger partial charge in [0.25, 0.3) is 5.91 Å². The van der Waals surface area contributed by atoms with Crippen LogP contribution in [0, 0.1) is 0 Å². The molecule has 0 radical (unpaired) electrons. The first kappa shape index (κ1) is 17.6. The molecule has 2 aliphatic heterocycles. The molecule has 0 bridgehead atoms. The number of piperidine rings is 1. The Morgan fingerprint density at radius 2 is 2.24 bits per heavy atom. The number of fused-ring (bicyclic) bond motifs is 1. The lowest BCUT2D eigenvalue weighted by molar-refractivity contribution is -0.124. The van der Waals surface area contributed by atoms with Crippen LogP contribution in [0.5, 0.6) is 5.75 Å². The van der Waals surface area contributed by atoms with Crippen LogP contribution in [0.1, 0.15) is 49.0 Å². The van der Waals surface area contributed by atoms with E-state index < -0.39 is 11.5 Å². The molecule has 2 N–H and O–H groups in total. The predicted octanol–water partition coefficient (Wildman–Crippen LogP) is 2.41. The molecule has 0 aliphatic carbocycles. The van der Waals surface area contributed by atoms with Crippen molar-refractivity contribution in [3.05, 3.63) is 35.4 Å². The lowest BCUT2D eigenvalue weighted by Crippen LogP contribution is -2.56. The third-order valence-corrected chi connectivity index (χ3v) is 4.95. The number of rotatable bonds is 3. The SMILES string of the molecule is CC(C)N1CCCC2(CC(=O)c3cc(/C=C/C(=O)NO)ccc3O2)C1. The largest absolute Gasteiger partial charge is 0.485 e. The molecule has 1 aromatic carbocycles. The molecular weight excluding hydrogens is 320 g/mol. The van der Waals surface area contributed by atoms with Gasteiger partial charge >= 0.3 is 0 Å². The maximum absolute atomic E-state index is 12.7. The van der Waals surface area contributed by atoms with Gasteiger partial charge in [-0.1, -0.05) is 6.07 Å². The smallest absolute Gasteiger partial charge is 0.267 e. The molecule has 3 rings (SSSR count). The molecule has 1 unspecified atom stereocenters. The van der Waals surface area contributed by atoms with Crippen LogP contribution in [0.4, 0.5) is 0 Å². The van der Waals surface area contributed by atoms with Crippen molar-refractivity contribution in [1.29, 1.82) is 0 Å². The van der Waals surface area contributed by atoms with E-state index in [1.165, 1.54) is 11.6 Å². The van der Waals surface area contributed by atoms with Crippen LogP contribution in [0.25, 0.3) is 6.08 Å². The van der Waals surface area contributed by atoms with Crippen LogP contribution in [-0.4, -0.2) is 46.5 Å². The van der Waals surface area contributed by atoms with E-state index in [0.717, 1.165) is 25.9 Å². The van der Waals surface area contributed by atoms with Crippen molar-refractivity contribution in [2.24, 2.45) is 0 Å². The van der Waals surface area contributed by atoms with Gasteiger partial charge in [0.05, 0.1) is 12.0 Å². The molecule has 2 heterocycles. The third-order valence-electron chi connectivity index (χ3n) is 4.95. The maximum atomic E-state index is 12.7. The topological polar surface area (TPSA) is 78.9 Å². The zero-order valence-corrected chi connectivity index (χ0v) is 14.6. The Hall–Kier alpha value is -2.18. The second kappa shape index (κ2) is 6.98. The number of carbonyl (C=O) groups excluding carboxylic acids is 2. The van der Waals surface area contributed by atoms with Crippen molar-refractivity contribution in [2.75, 3.05) is 13.1 Å².